The van der Waals surface area contributed by atoms with Gasteiger partial charge in [-0.15, -0.1) is 0 Å². The number of nitrogens with zero attached hydrogens (tertiary/aromatic N) is 2. The number of nitrogens with one attached hydrogen (secondary N) is 1. The molecule has 0 saturated heterocycles. The molecule has 0 bridgehead atoms. The zero-order chi connectivity index (χ0) is 12.8. The van der Waals surface area contributed by atoms with E-state index < -0.39 is 0 Å². The zero-order valence-electron chi connectivity index (χ0n) is 11.5. The Morgan fingerprint density at radius 3 is 2.41 bits per heavy atom. The van der Waals surface area contributed by atoms with E-state index in [2.05, 4.69) is 44.3 Å². The number of rotatable bonds is 7. The molecule has 0 spiro atoms. The van der Waals surface area contributed by atoms with Crippen LogP contribution in [-0.2, 0) is 6.42 Å². The topological polar surface area (TPSA) is 55.9 Å². The third-order valence-corrected chi connectivity index (χ3v) is 3.45. The van der Waals surface area contributed by atoms with E-state index >= 15 is 0 Å². The average Bonchev–Trinajstić information content (AvgIpc) is 2.78. The highest BCUT2D eigenvalue weighted by atomic mass is 15.3. The Morgan fingerprint density at radius 1 is 1.35 bits per heavy atom. The minimum Gasteiger partial charge on any atom is -0.271 e. The summed E-state index contributed by atoms with van der Waals surface area (Å²) in [7, 11) is 0. The first-order chi connectivity index (χ1) is 8.12. The molecule has 0 aliphatic heterocycles. The van der Waals surface area contributed by atoms with Crippen molar-refractivity contribution < 1.29 is 0 Å². The minimum atomic E-state index is 0.320. The van der Waals surface area contributed by atoms with Crippen LogP contribution < -0.4 is 11.3 Å². The van der Waals surface area contributed by atoms with Crippen molar-refractivity contribution in [1.29, 1.82) is 0 Å². The van der Waals surface area contributed by atoms with Crippen LogP contribution in [0, 0.1) is 5.92 Å². The van der Waals surface area contributed by atoms with Gasteiger partial charge in [-0.2, -0.15) is 5.10 Å². The highest BCUT2D eigenvalue weighted by Crippen LogP contribution is 2.16. The van der Waals surface area contributed by atoms with Gasteiger partial charge in [-0.25, -0.2) is 0 Å². The first kappa shape index (κ1) is 14.2. The van der Waals surface area contributed by atoms with Crippen LogP contribution in [0.1, 0.15) is 52.3 Å². The third-order valence-electron chi connectivity index (χ3n) is 3.45. The van der Waals surface area contributed by atoms with Crippen molar-refractivity contribution in [1.82, 2.24) is 15.2 Å². The van der Waals surface area contributed by atoms with Gasteiger partial charge in [-0.05, 0) is 25.8 Å². The molecule has 1 unspecified atom stereocenters. The predicted octanol–water partition coefficient (Wildman–Crippen LogP) is 2.27. The number of hydrazine groups is 1. The van der Waals surface area contributed by atoms with E-state index in [4.69, 9.17) is 5.84 Å². The summed E-state index contributed by atoms with van der Waals surface area (Å²) < 4.78 is 2.00. The summed E-state index contributed by atoms with van der Waals surface area (Å²) in [5.74, 6) is 6.27. The Hall–Kier alpha value is -0.870. The van der Waals surface area contributed by atoms with Gasteiger partial charge in [-0.1, -0.05) is 26.7 Å². The molecule has 1 rings (SSSR count). The van der Waals surface area contributed by atoms with E-state index in [9.17, 15) is 0 Å². The van der Waals surface area contributed by atoms with Crippen molar-refractivity contribution in [3.05, 3.63) is 18.0 Å². The molecule has 1 atom stereocenters. The first-order valence-electron chi connectivity index (χ1n) is 6.62. The molecule has 17 heavy (non-hydrogen) atoms. The van der Waals surface area contributed by atoms with E-state index in [0.29, 0.717) is 18.0 Å². The number of nitrogens with two attached hydrogens (primary N) is 1. The molecule has 0 saturated carbocycles. The molecule has 0 fully saturated rings. The van der Waals surface area contributed by atoms with Gasteiger partial charge in [-0.3, -0.25) is 16.0 Å². The standard InChI is InChI=1S/C13H26N4/c1-5-11(6-2)13(15-14)9-12-7-8-17(16-12)10(3)4/h7-8,10-11,13,15H,5-6,9,14H2,1-4H3. The van der Waals surface area contributed by atoms with Crippen LogP contribution in [0.15, 0.2) is 12.3 Å². The predicted molar refractivity (Wildman–Crippen MR) is 71.5 cm³/mol. The lowest BCUT2D eigenvalue weighted by molar-refractivity contribution is 0.332. The Morgan fingerprint density at radius 2 is 2.00 bits per heavy atom. The molecule has 1 aromatic heterocycles. The zero-order valence-corrected chi connectivity index (χ0v) is 11.5. The Bertz CT molecular complexity index is 315. The second kappa shape index (κ2) is 6.77. The number of hydrogen-bond donors (Lipinski definition) is 2. The molecule has 0 radical (unpaired) electrons. The van der Waals surface area contributed by atoms with Gasteiger partial charge in [0.15, 0.2) is 0 Å². The maximum absolute atomic E-state index is 5.65. The molecule has 3 N–H and O–H groups in total. The van der Waals surface area contributed by atoms with E-state index in [-0.39, 0.29) is 0 Å². The van der Waals surface area contributed by atoms with Crippen molar-refractivity contribution in [3.8, 4) is 0 Å². The summed E-state index contributed by atoms with van der Waals surface area (Å²) in [6.07, 6.45) is 5.25. The Balaban J connectivity index is 2.66. The average molecular weight is 238 g/mol. The maximum atomic E-state index is 5.65. The third kappa shape index (κ3) is 3.82. The summed E-state index contributed by atoms with van der Waals surface area (Å²) in [6, 6.07) is 2.83. The van der Waals surface area contributed by atoms with Gasteiger partial charge in [0, 0.05) is 24.7 Å². The molecule has 0 aliphatic carbocycles. The van der Waals surface area contributed by atoms with Crippen molar-refractivity contribution in [2.45, 2.75) is 59.0 Å². The van der Waals surface area contributed by atoms with Crippen molar-refractivity contribution in [2.75, 3.05) is 0 Å². The van der Waals surface area contributed by atoms with Crippen LogP contribution in [-0.4, -0.2) is 15.8 Å². The van der Waals surface area contributed by atoms with Gasteiger partial charge < -0.3 is 0 Å². The highest BCUT2D eigenvalue weighted by Gasteiger charge is 2.18. The first-order valence-corrected chi connectivity index (χ1v) is 6.62. The quantitative estimate of drug-likeness (QED) is 0.566. The Kier molecular flexibility index (Phi) is 5.65. The van der Waals surface area contributed by atoms with Crippen LogP contribution >= 0.6 is 0 Å². The molecule has 0 aromatic carbocycles. The summed E-state index contributed by atoms with van der Waals surface area (Å²) in [5.41, 5.74) is 4.06. The lowest BCUT2D eigenvalue weighted by Crippen LogP contribution is -2.42. The van der Waals surface area contributed by atoms with Gasteiger partial charge in [0.1, 0.15) is 0 Å². The monoisotopic (exact) mass is 238 g/mol. The molecule has 1 aromatic rings. The maximum Gasteiger partial charge on any atom is 0.0640 e. The molecule has 98 valence electrons. The van der Waals surface area contributed by atoms with Gasteiger partial charge in [0.05, 0.1) is 5.69 Å². The van der Waals surface area contributed by atoms with Crippen LogP contribution in [0.3, 0.4) is 0 Å². The highest BCUT2D eigenvalue weighted by molar-refractivity contribution is 5.02. The largest absolute Gasteiger partial charge is 0.271 e. The van der Waals surface area contributed by atoms with Gasteiger partial charge in [0.25, 0.3) is 0 Å². The van der Waals surface area contributed by atoms with Crippen molar-refractivity contribution in [2.24, 2.45) is 11.8 Å². The lowest BCUT2D eigenvalue weighted by Gasteiger charge is -2.23. The normalized spacial score (nSPS) is 13.6. The molecule has 4 nitrogen and oxygen atoms in total. The van der Waals surface area contributed by atoms with Crippen LogP contribution in [0.25, 0.3) is 0 Å². The van der Waals surface area contributed by atoms with Crippen molar-refractivity contribution in [3.63, 3.8) is 0 Å². The molecular formula is C13H26N4. The Labute approximate surface area is 105 Å². The van der Waals surface area contributed by atoms with Crippen LogP contribution in [0.5, 0.6) is 0 Å². The van der Waals surface area contributed by atoms with Gasteiger partial charge in [0.2, 0.25) is 0 Å². The SMILES string of the molecule is CCC(CC)C(Cc1ccn(C(C)C)n1)NN. The summed E-state index contributed by atoms with van der Waals surface area (Å²) >= 11 is 0. The van der Waals surface area contributed by atoms with E-state index in [1.807, 2.05) is 10.9 Å². The van der Waals surface area contributed by atoms with Crippen molar-refractivity contribution >= 4 is 0 Å². The van der Waals surface area contributed by atoms with Crippen LogP contribution in [0.4, 0.5) is 0 Å². The van der Waals surface area contributed by atoms with E-state index in [0.717, 1.165) is 25.0 Å². The fraction of sp³-hybridized carbons (Fsp3) is 0.769. The lowest BCUT2D eigenvalue weighted by atomic mass is 9.91. The summed E-state index contributed by atoms with van der Waals surface area (Å²) in [5, 5.41) is 4.57. The molecule has 4 heteroatoms. The molecule has 0 aliphatic rings. The second-order valence-corrected chi connectivity index (χ2v) is 4.93. The fourth-order valence-electron chi connectivity index (χ4n) is 2.22. The van der Waals surface area contributed by atoms with E-state index in [1.54, 1.807) is 0 Å². The number of hydrogen-bond acceptors (Lipinski definition) is 3. The van der Waals surface area contributed by atoms with Gasteiger partial charge >= 0.3 is 0 Å². The minimum absolute atomic E-state index is 0.320. The molecule has 1 heterocycles. The fourth-order valence-corrected chi connectivity index (χ4v) is 2.22. The second-order valence-electron chi connectivity index (χ2n) is 4.93. The van der Waals surface area contributed by atoms with Crippen LogP contribution in [0.2, 0.25) is 0 Å². The smallest absolute Gasteiger partial charge is 0.0640 e. The summed E-state index contributed by atoms with van der Waals surface area (Å²) in [4.78, 5) is 0. The molecule has 0 amide bonds. The summed E-state index contributed by atoms with van der Waals surface area (Å²) in [6.45, 7) is 8.70. The van der Waals surface area contributed by atoms with E-state index in [1.165, 1.54) is 0 Å². The number of aromatic nitrogens is 2. The molecular weight excluding hydrogens is 212 g/mol.